The Bertz CT molecular complexity index is 901. The van der Waals surface area contributed by atoms with E-state index in [-0.39, 0.29) is 18.1 Å². The summed E-state index contributed by atoms with van der Waals surface area (Å²) in [7, 11) is -3.37. The van der Waals surface area contributed by atoms with Crippen LogP contribution in [0, 0.1) is 18.8 Å². The van der Waals surface area contributed by atoms with Gasteiger partial charge in [0.05, 0.1) is 5.75 Å². The first-order valence-electron chi connectivity index (χ1n) is 10.5. The third kappa shape index (κ3) is 6.46. The van der Waals surface area contributed by atoms with Crippen molar-refractivity contribution in [2.75, 3.05) is 5.75 Å². The van der Waals surface area contributed by atoms with Crippen molar-refractivity contribution in [2.24, 2.45) is 11.8 Å². The number of carboxylic acids is 1. The number of aliphatic carboxylic acids is 1. The van der Waals surface area contributed by atoms with Gasteiger partial charge in [0, 0.05) is 12.1 Å². The van der Waals surface area contributed by atoms with Gasteiger partial charge < -0.3 is 5.11 Å². The van der Waals surface area contributed by atoms with E-state index in [0.717, 1.165) is 48.9 Å². The highest BCUT2D eigenvalue weighted by atomic mass is 32.2. The highest BCUT2D eigenvalue weighted by Gasteiger charge is 2.34. The molecule has 2 bridgehead atoms. The Hall–Kier alpha value is -2.08. The van der Waals surface area contributed by atoms with Gasteiger partial charge in [0.25, 0.3) is 0 Å². The number of fused-ring (bicyclic) bond motifs is 3. The standard InChI is InChI=1S/C23H31NO4S/c1-17-6-5-7-18(14-17)12-13-29(27,28)24-22-16-19-10-11-21(22)20(15-19)8-3-2-4-9-23(25)26/h3,5-8,14,19-20,24H,2,4,9-13,15-16H2,1H3,(H,25,26). The number of unbranched alkanes of at least 4 members (excludes halogenated alkanes) is 1. The molecule has 1 aromatic carbocycles. The molecule has 2 atom stereocenters. The zero-order valence-electron chi connectivity index (χ0n) is 17.1. The van der Waals surface area contributed by atoms with Gasteiger partial charge in [-0.15, -0.1) is 0 Å². The summed E-state index contributed by atoms with van der Waals surface area (Å²) in [6.45, 7) is 2.01. The third-order valence-electron chi connectivity index (χ3n) is 5.89. The van der Waals surface area contributed by atoms with Crippen LogP contribution in [0.25, 0.3) is 0 Å². The van der Waals surface area contributed by atoms with Crippen molar-refractivity contribution in [3.63, 3.8) is 0 Å². The maximum absolute atomic E-state index is 12.7. The first-order valence-corrected chi connectivity index (χ1v) is 12.1. The van der Waals surface area contributed by atoms with Crippen LogP contribution in [-0.4, -0.2) is 25.2 Å². The van der Waals surface area contributed by atoms with Crippen LogP contribution in [0.2, 0.25) is 0 Å². The number of hydrogen-bond donors (Lipinski definition) is 2. The van der Waals surface area contributed by atoms with Crippen molar-refractivity contribution in [1.82, 2.24) is 4.72 Å². The van der Waals surface area contributed by atoms with Crippen LogP contribution in [0.1, 0.15) is 56.1 Å². The topological polar surface area (TPSA) is 83.5 Å². The lowest BCUT2D eigenvalue weighted by molar-refractivity contribution is -0.137. The largest absolute Gasteiger partial charge is 0.481 e. The van der Waals surface area contributed by atoms with E-state index in [4.69, 9.17) is 5.11 Å². The van der Waals surface area contributed by atoms with E-state index in [1.54, 1.807) is 0 Å². The molecule has 1 saturated carbocycles. The van der Waals surface area contributed by atoms with Gasteiger partial charge in [-0.25, -0.2) is 8.42 Å². The molecular formula is C23H31NO4S. The van der Waals surface area contributed by atoms with Crippen molar-refractivity contribution in [3.8, 4) is 0 Å². The smallest absolute Gasteiger partial charge is 0.303 e. The molecule has 3 aliphatic rings. The van der Waals surface area contributed by atoms with E-state index >= 15 is 0 Å². The number of carbonyl (C=O) groups is 1. The molecule has 0 aliphatic heterocycles. The average molecular weight is 418 g/mol. The Morgan fingerprint density at radius 1 is 1.34 bits per heavy atom. The van der Waals surface area contributed by atoms with Crippen LogP contribution in [0.5, 0.6) is 0 Å². The average Bonchev–Trinajstić information content (AvgIpc) is 2.66. The number of benzene rings is 1. The summed E-state index contributed by atoms with van der Waals surface area (Å²) in [6.07, 6.45) is 10.3. The van der Waals surface area contributed by atoms with Crippen molar-refractivity contribution >= 4 is 16.0 Å². The molecule has 2 unspecified atom stereocenters. The minimum Gasteiger partial charge on any atom is -0.481 e. The molecule has 0 saturated heterocycles. The van der Waals surface area contributed by atoms with Gasteiger partial charge in [-0.05, 0) is 74.8 Å². The molecule has 6 heteroatoms. The first-order chi connectivity index (χ1) is 13.8. The molecule has 1 fully saturated rings. The zero-order valence-corrected chi connectivity index (χ0v) is 17.9. The van der Waals surface area contributed by atoms with Gasteiger partial charge in [-0.2, -0.15) is 0 Å². The van der Waals surface area contributed by atoms with Gasteiger partial charge >= 0.3 is 5.97 Å². The van der Waals surface area contributed by atoms with E-state index in [0.29, 0.717) is 18.8 Å². The predicted molar refractivity (Wildman–Crippen MR) is 115 cm³/mol. The summed E-state index contributed by atoms with van der Waals surface area (Å²) < 4.78 is 28.3. The van der Waals surface area contributed by atoms with Gasteiger partial charge in [-0.1, -0.05) is 42.0 Å². The van der Waals surface area contributed by atoms with E-state index in [9.17, 15) is 13.2 Å². The minimum atomic E-state index is -3.37. The number of sulfonamides is 1. The number of aryl methyl sites for hydroxylation is 2. The molecular weight excluding hydrogens is 386 g/mol. The van der Waals surface area contributed by atoms with Crippen molar-refractivity contribution in [2.45, 2.75) is 58.3 Å². The molecule has 0 radical (unpaired) electrons. The lowest BCUT2D eigenvalue weighted by Crippen LogP contribution is -2.35. The van der Waals surface area contributed by atoms with Gasteiger partial charge in [-0.3, -0.25) is 9.52 Å². The Morgan fingerprint density at radius 3 is 2.90 bits per heavy atom. The number of rotatable bonds is 10. The SMILES string of the molecule is Cc1cccc(CCS(=O)(=O)NC2=C3CCC(C2)CC3C=CCCCC(=O)O)c1. The summed E-state index contributed by atoms with van der Waals surface area (Å²) >= 11 is 0. The summed E-state index contributed by atoms with van der Waals surface area (Å²) in [5.41, 5.74) is 4.30. The molecule has 0 spiro atoms. The van der Waals surface area contributed by atoms with E-state index in [2.05, 4.69) is 16.9 Å². The Kier molecular flexibility index (Phi) is 7.17. The molecule has 0 amide bonds. The Balaban J connectivity index is 1.61. The molecule has 158 valence electrons. The highest BCUT2D eigenvalue weighted by molar-refractivity contribution is 7.89. The number of allylic oxidation sites excluding steroid dienone is 4. The van der Waals surface area contributed by atoms with Crippen molar-refractivity contribution in [1.29, 1.82) is 0 Å². The first kappa shape index (κ1) is 21.6. The van der Waals surface area contributed by atoms with Crippen LogP contribution in [-0.2, 0) is 21.2 Å². The zero-order chi connectivity index (χ0) is 20.9. The van der Waals surface area contributed by atoms with Gasteiger partial charge in [0.15, 0.2) is 0 Å². The maximum Gasteiger partial charge on any atom is 0.303 e. The quantitative estimate of drug-likeness (QED) is 0.438. The van der Waals surface area contributed by atoms with Crippen LogP contribution >= 0.6 is 0 Å². The second-order valence-corrected chi connectivity index (χ2v) is 10.2. The summed E-state index contributed by atoms with van der Waals surface area (Å²) in [5.74, 6) is 0.130. The Morgan fingerprint density at radius 2 is 2.17 bits per heavy atom. The maximum atomic E-state index is 12.7. The van der Waals surface area contributed by atoms with E-state index in [1.165, 1.54) is 5.57 Å². The van der Waals surface area contributed by atoms with Crippen LogP contribution in [0.4, 0.5) is 0 Å². The molecule has 2 N–H and O–H groups in total. The summed E-state index contributed by atoms with van der Waals surface area (Å²) in [6, 6.07) is 7.98. The Labute approximate surface area is 174 Å². The van der Waals surface area contributed by atoms with Crippen LogP contribution in [0.3, 0.4) is 0 Å². The fraction of sp³-hybridized carbons (Fsp3) is 0.522. The summed E-state index contributed by atoms with van der Waals surface area (Å²) in [5, 5.41) is 8.72. The number of nitrogens with one attached hydrogen (secondary N) is 1. The van der Waals surface area contributed by atoms with Crippen molar-refractivity contribution in [3.05, 3.63) is 58.8 Å². The van der Waals surface area contributed by atoms with Gasteiger partial charge in [0.1, 0.15) is 0 Å². The summed E-state index contributed by atoms with van der Waals surface area (Å²) in [4.78, 5) is 10.6. The molecule has 0 aromatic heterocycles. The number of carboxylic acid groups (broad SMARTS) is 1. The van der Waals surface area contributed by atoms with E-state index < -0.39 is 16.0 Å². The highest BCUT2D eigenvalue weighted by Crippen LogP contribution is 2.44. The molecule has 1 aromatic rings. The fourth-order valence-electron chi connectivity index (χ4n) is 4.44. The molecule has 0 heterocycles. The second-order valence-electron chi connectivity index (χ2n) is 8.33. The lowest BCUT2D eigenvalue weighted by atomic mass is 9.69. The molecule has 3 aliphatic carbocycles. The fourth-order valence-corrected chi connectivity index (χ4v) is 5.63. The van der Waals surface area contributed by atoms with Crippen LogP contribution in [0.15, 0.2) is 47.7 Å². The monoisotopic (exact) mass is 417 g/mol. The predicted octanol–water partition coefficient (Wildman–Crippen LogP) is 4.34. The van der Waals surface area contributed by atoms with Crippen LogP contribution < -0.4 is 4.72 Å². The second kappa shape index (κ2) is 9.61. The third-order valence-corrected chi connectivity index (χ3v) is 7.19. The molecule has 4 rings (SSSR count). The lowest BCUT2D eigenvalue weighted by Gasteiger charge is -2.38. The van der Waals surface area contributed by atoms with E-state index in [1.807, 2.05) is 31.2 Å². The minimum absolute atomic E-state index is 0.0909. The van der Waals surface area contributed by atoms with Gasteiger partial charge in [0.2, 0.25) is 10.0 Å². The number of hydrogen-bond acceptors (Lipinski definition) is 3. The molecule has 5 nitrogen and oxygen atoms in total. The normalized spacial score (nSPS) is 21.7. The molecule has 29 heavy (non-hydrogen) atoms. The van der Waals surface area contributed by atoms with Crippen molar-refractivity contribution < 1.29 is 18.3 Å².